The molecule has 0 spiro atoms. The van der Waals surface area contributed by atoms with Crippen molar-refractivity contribution in [2.24, 2.45) is 0 Å². The van der Waals surface area contributed by atoms with Gasteiger partial charge in [-0.05, 0) is 31.2 Å². The first-order chi connectivity index (χ1) is 10.1. The van der Waals surface area contributed by atoms with E-state index in [-0.39, 0.29) is 5.31 Å². The Kier molecular flexibility index (Phi) is 5.17. The summed E-state index contributed by atoms with van der Waals surface area (Å²) < 4.78 is 22.3. The van der Waals surface area contributed by atoms with Gasteiger partial charge in [-0.15, -0.1) is 0 Å². The van der Waals surface area contributed by atoms with E-state index in [9.17, 15) is 4.57 Å². The fourth-order valence-corrected chi connectivity index (χ4v) is 1.92. The van der Waals surface area contributed by atoms with E-state index in [1.165, 1.54) is 6.92 Å². The summed E-state index contributed by atoms with van der Waals surface area (Å²) >= 11 is 0. The molecule has 2 rings (SSSR count). The molecule has 0 N–H and O–H groups in total. The van der Waals surface area contributed by atoms with E-state index in [2.05, 4.69) is 6.58 Å². The SMILES string of the molecule is C=C(C)P(=O)(OOc1ccccc1)OOc1ccccc1. The largest absolute Gasteiger partial charge is 0.429 e. The first-order valence-corrected chi connectivity index (χ1v) is 7.73. The monoisotopic (exact) mass is 306 g/mol. The molecule has 0 fully saturated rings. The van der Waals surface area contributed by atoms with Crippen LogP contribution in [-0.2, 0) is 13.9 Å². The van der Waals surface area contributed by atoms with E-state index in [1.54, 1.807) is 48.5 Å². The lowest BCUT2D eigenvalue weighted by atomic mass is 10.3. The Bertz CT molecular complexity index is 580. The van der Waals surface area contributed by atoms with Gasteiger partial charge in [0.15, 0.2) is 11.5 Å². The Morgan fingerprint density at radius 1 is 0.857 bits per heavy atom. The summed E-state index contributed by atoms with van der Waals surface area (Å²) in [5.41, 5.74) is 0. The number of para-hydroxylation sites is 2. The predicted octanol–water partition coefficient (Wildman–Crippen LogP) is 4.73. The first-order valence-electron chi connectivity index (χ1n) is 6.19. The lowest BCUT2D eigenvalue weighted by molar-refractivity contribution is -0.168. The summed E-state index contributed by atoms with van der Waals surface area (Å²) in [6.45, 7) is 5.08. The third-order valence-electron chi connectivity index (χ3n) is 2.42. The second-order valence-corrected chi connectivity index (χ2v) is 6.23. The molecule has 21 heavy (non-hydrogen) atoms. The third-order valence-corrected chi connectivity index (χ3v) is 3.89. The molecule has 0 heterocycles. The van der Waals surface area contributed by atoms with Crippen LogP contribution in [0, 0.1) is 0 Å². The topological polar surface area (TPSA) is 54.0 Å². The molecule has 6 heteroatoms. The zero-order valence-electron chi connectivity index (χ0n) is 11.5. The summed E-state index contributed by atoms with van der Waals surface area (Å²) in [4.78, 5) is 9.98. The highest BCUT2D eigenvalue weighted by Gasteiger charge is 2.31. The minimum absolute atomic E-state index is 0.161. The number of allylic oxidation sites excluding steroid dienone is 1. The Morgan fingerprint density at radius 3 is 1.57 bits per heavy atom. The van der Waals surface area contributed by atoms with E-state index in [1.807, 2.05) is 12.1 Å². The number of hydrogen-bond donors (Lipinski definition) is 0. The zero-order valence-corrected chi connectivity index (χ0v) is 12.4. The molecule has 0 aromatic heterocycles. The van der Waals surface area contributed by atoms with Crippen molar-refractivity contribution in [3.8, 4) is 11.5 Å². The fourth-order valence-electron chi connectivity index (χ4n) is 1.28. The van der Waals surface area contributed by atoms with Gasteiger partial charge in [0.1, 0.15) is 0 Å². The van der Waals surface area contributed by atoms with Crippen LogP contribution in [0.25, 0.3) is 0 Å². The molecule has 0 radical (unpaired) electrons. The van der Waals surface area contributed by atoms with Crippen molar-refractivity contribution in [3.05, 3.63) is 72.6 Å². The van der Waals surface area contributed by atoms with Crippen LogP contribution in [0.4, 0.5) is 0 Å². The van der Waals surface area contributed by atoms with E-state index < -0.39 is 7.60 Å². The van der Waals surface area contributed by atoms with Crippen LogP contribution in [0.1, 0.15) is 6.92 Å². The average molecular weight is 306 g/mol. The number of benzene rings is 2. The molecule has 0 unspecified atom stereocenters. The Labute approximate surface area is 123 Å². The molecule has 2 aromatic carbocycles. The smallest absolute Gasteiger partial charge is 0.329 e. The van der Waals surface area contributed by atoms with E-state index in [0.717, 1.165) is 0 Å². The average Bonchev–Trinajstić information content (AvgIpc) is 2.53. The lowest BCUT2D eigenvalue weighted by Crippen LogP contribution is -2.03. The maximum atomic E-state index is 12.5. The maximum absolute atomic E-state index is 12.5. The van der Waals surface area contributed by atoms with Crippen LogP contribution in [-0.4, -0.2) is 0 Å². The van der Waals surface area contributed by atoms with Gasteiger partial charge in [0.25, 0.3) is 0 Å². The second-order valence-electron chi connectivity index (χ2n) is 4.17. The normalized spacial score (nSPS) is 10.9. The summed E-state index contributed by atoms with van der Waals surface area (Å²) in [5.74, 6) is 0.782. The van der Waals surface area contributed by atoms with Crippen molar-refractivity contribution in [3.63, 3.8) is 0 Å². The van der Waals surface area contributed by atoms with Crippen molar-refractivity contribution in [2.75, 3.05) is 0 Å². The fraction of sp³-hybridized carbons (Fsp3) is 0.0667. The van der Waals surface area contributed by atoms with Crippen molar-refractivity contribution in [2.45, 2.75) is 6.92 Å². The highest BCUT2D eigenvalue weighted by atomic mass is 31.2. The van der Waals surface area contributed by atoms with Crippen molar-refractivity contribution < 1.29 is 23.7 Å². The van der Waals surface area contributed by atoms with Crippen LogP contribution in [0.5, 0.6) is 11.5 Å². The minimum Gasteiger partial charge on any atom is -0.329 e. The van der Waals surface area contributed by atoms with Crippen LogP contribution in [0.3, 0.4) is 0 Å². The molecular weight excluding hydrogens is 291 g/mol. The molecule has 0 aliphatic rings. The van der Waals surface area contributed by atoms with Gasteiger partial charge in [0.05, 0.1) is 0 Å². The summed E-state index contributed by atoms with van der Waals surface area (Å²) in [6, 6.07) is 17.3. The molecule has 0 aliphatic carbocycles. The Hall–Kier alpha value is -2.07. The van der Waals surface area contributed by atoms with Crippen LogP contribution in [0.15, 0.2) is 72.6 Å². The molecule has 110 valence electrons. The van der Waals surface area contributed by atoms with E-state index in [0.29, 0.717) is 11.5 Å². The molecule has 0 aliphatic heterocycles. The molecule has 0 amide bonds. The van der Waals surface area contributed by atoms with Crippen LogP contribution < -0.4 is 9.78 Å². The molecule has 0 saturated heterocycles. The highest BCUT2D eigenvalue weighted by Crippen LogP contribution is 2.55. The van der Waals surface area contributed by atoms with Gasteiger partial charge >= 0.3 is 7.60 Å². The van der Waals surface area contributed by atoms with Crippen molar-refractivity contribution in [1.29, 1.82) is 0 Å². The van der Waals surface area contributed by atoms with E-state index >= 15 is 0 Å². The van der Waals surface area contributed by atoms with Crippen molar-refractivity contribution >= 4 is 7.60 Å². The molecule has 2 aromatic rings. The van der Waals surface area contributed by atoms with Crippen molar-refractivity contribution in [1.82, 2.24) is 0 Å². The lowest BCUT2D eigenvalue weighted by Gasteiger charge is -2.16. The number of hydrogen-bond acceptors (Lipinski definition) is 5. The van der Waals surface area contributed by atoms with Gasteiger partial charge in [-0.3, -0.25) is 0 Å². The molecule has 0 bridgehead atoms. The molecular formula is C15H15O5P. The van der Waals surface area contributed by atoms with Gasteiger partial charge in [-0.1, -0.05) is 52.3 Å². The zero-order chi connectivity index (χ0) is 15.1. The van der Waals surface area contributed by atoms with Gasteiger partial charge < -0.3 is 9.78 Å². The predicted molar refractivity (Wildman–Crippen MR) is 78.7 cm³/mol. The molecule has 0 saturated carbocycles. The van der Waals surface area contributed by atoms with Crippen LogP contribution >= 0.6 is 7.60 Å². The van der Waals surface area contributed by atoms with Gasteiger partial charge in [0.2, 0.25) is 0 Å². The Balaban J connectivity index is 1.99. The maximum Gasteiger partial charge on any atom is 0.429 e. The van der Waals surface area contributed by atoms with Gasteiger partial charge in [0, 0.05) is 5.31 Å². The minimum atomic E-state index is -3.76. The van der Waals surface area contributed by atoms with Crippen LogP contribution in [0.2, 0.25) is 0 Å². The summed E-state index contributed by atoms with van der Waals surface area (Å²) in [7, 11) is -3.76. The molecule has 5 nitrogen and oxygen atoms in total. The van der Waals surface area contributed by atoms with Gasteiger partial charge in [-0.2, -0.15) is 0 Å². The first kappa shape index (κ1) is 15.3. The molecule has 0 atom stereocenters. The standard InChI is InChI=1S/C15H15O5P/c1-13(2)21(16,19-17-14-9-5-3-6-10-14)20-18-15-11-7-4-8-12-15/h3-12H,1H2,2H3. The second kappa shape index (κ2) is 7.09. The highest BCUT2D eigenvalue weighted by molar-refractivity contribution is 7.58. The number of rotatable bonds is 7. The Morgan fingerprint density at radius 2 is 1.24 bits per heavy atom. The quantitative estimate of drug-likeness (QED) is 0.420. The summed E-state index contributed by atoms with van der Waals surface area (Å²) in [6.07, 6.45) is 0. The summed E-state index contributed by atoms with van der Waals surface area (Å²) in [5, 5.41) is 0.161. The van der Waals surface area contributed by atoms with E-state index in [4.69, 9.17) is 19.1 Å². The van der Waals surface area contributed by atoms with Gasteiger partial charge in [-0.25, -0.2) is 4.57 Å². The third kappa shape index (κ3) is 4.46.